The molecule has 7 nitrogen and oxygen atoms in total. The zero-order valence-corrected chi connectivity index (χ0v) is 17.7. The van der Waals surface area contributed by atoms with E-state index in [0.29, 0.717) is 41.1 Å². The topological polar surface area (TPSA) is 97.4 Å². The molecule has 1 saturated heterocycles. The van der Waals surface area contributed by atoms with Gasteiger partial charge in [0.15, 0.2) is 0 Å². The SMILES string of the molecule is COCC(C)Oc1ccc(N)c(C(=N)c2cc(N3CC(C)CC(C)C3)ncn2)c1. The van der Waals surface area contributed by atoms with Crippen molar-refractivity contribution in [2.24, 2.45) is 11.8 Å². The molecule has 1 aliphatic rings. The zero-order valence-electron chi connectivity index (χ0n) is 17.7. The van der Waals surface area contributed by atoms with E-state index in [9.17, 15) is 0 Å². The molecule has 156 valence electrons. The lowest BCUT2D eigenvalue weighted by molar-refractivity contribution is 0.0921. The van der Waals surface area contributed by atoms with E-state index in [0.717, 1.165) is 18.9 Å². The standard InChI is InChI=1S/C22H31N5O2/c1-14-7-15(2)11-27(10-14)21-9-20(25-13-26-21)22(24)18-8-17(5-6-19(18)23)29-16(3)12-28-4/h5-6,8-9,13-16,24H,7,10-12,23H2,1-4H3. The largest absolute Gasteiger partial charge is 0.488 e. The lowest BCUT2D eigenvalue weighted by Crippen LogP contribution is -2.39. The van der Waals surface area contributed by atoms with Gasteiger partial charge in [0.1, 0.15) is 24.0 Å². The molecular formula is C22H31N5O2. The molecule has 1 aromatic carbocycles. The quantitative estimate of drug-likeness (QED) is 0.549. The molecule has 2 aromatic rings. The van der Waals surface area contributed by atoms with Gasteiger partial charge in [-0.15, -0.1) is 0 Å². The lowest BCUT2D eigenvalue weighted by Gasteiger charge is -2.35. The highest BCUT2D eigenvalue weighted by Crippen LogP contribution is 2.27. The molecule has 0 radical (unpaired) electrons. The van der Waals surface area contributed by atoms with E-state index in [4.69, 9.17) is 20.6 Å². The number of nitrogens with one attached hydrogen (secondary N) is 1. The Hall–Kier alpha value is -2.67. The Morgan fingerprint density at radius 2 is 1.97 bits per heavy atom. The predicted molar refractivity (Wildman–Crippen MR) is 116 cm³/mol. The Kier molecular flexibility index (Phi) is 6.69. The Balaban J connectivity index is 1.83. The van der Waals surface area contributed by atoms with Crippen LogP contribution >= 0.6 is 0 Å². The number of methoxy groups -OCH3 is 1. The Bertz CT molecular complexity index is 847. The predicted octanol–water partition coefficient (Wildman–Crippen LogP) is 3.37. The van der Waals surface area contributed by atoms with Gasteiger partial charge in [-0.2, -0.15) is 0 Å². The number of piperidine rings is 1. The number of nitrogens with zero attached hydrogens (tertiary/aromatic N) is 3. The van der Waals surface area contributed by atoms with E-state index in [2.05, 4.69) is 28.7 Å². The van der Waals surface area contributed by atoms with Gasteiger partial charge in [0, 0.05) is 37.5 Å². The second-order valence-corrected chi connectivity index (χ2v) is 8.12. The fourth-order valence-corrected chi connectivity index (χ4v) is 3.97. The molecule has 1 fully saturated rings. The highest BCUT2D eigenvalue weighted by molar-refractivity contribution is 6.13. The van der Waals surface area contributed by atoms with Crippen LogP contribution in [0, 0.1) is 17.2 Å². The molecule has 3 atom stereocenters. The second kappa shape index (κ2) is 9.22. The molecular weight excluding hydrogens is 366 g/mol. The van der Waals surface area contributed by atoms with Crippen LogP contribution in [0.25, 0.3) is 0 Å². The van der Waals surface area contributed by atoms with E-state index in [1.165, 1.54) is 12.7 Å². The van der Waals surface area contributed by atoms with Gasteiger partial charge < -0.3 is 20.1 Å². The van der Waals surface area contributed by atoms with Gasteiger partial charge in [-0.25, -0.2) is 9.97 Å². The summed E-state index contributed by atoms with van der Waals surface area (Å²) in [5.41, 5.74) is 8.08. The molecule has 3 rings (SSSR count). The first kappa shape index (κ1) is 21.0. The van der Waals surface area contributed by atoms with Gasteiger partial charge in [-0.1, -0.05) is 13.8 Å². The third kappa shape index (κ3) is 5.23. The number of hydrogen-bond acceptors (Lipinski definition) is 7. The van der Waals surface area contributed by atoms with E-state index in [1.807, 2.05) is 13.0 Å². The highest BCUT2D eigenvalue weighted by atomic mass is 16.5. The number of aromatic nitrogens is 2. The van der Waals surface area contributed by atoms with E-state index in [-0.39, 0.29) is 11.8 Å². The number of hydrogen-bond donors (Lipinski definition) is 2. The van der Waals surface area contributed by atoms with Crippen LogP contribution in [0.1, 0.15) is 38.4 Å². The van der Waals surface area contributed by atoms with Crippen LogP contribution in [0.4, 0.5) is 11.5 Å². The third-order valence-electron chi connectivity index (χ3n) is 5.13. The maximum Gasteiger partial charge on any atom is 0.132 e. The third-order valence-corrected chi connectivity index (χ3v) is 5.13. The number of ether oxygens (including phenoxy) is 2. The molecule has 3 unspecified atom stereocenters. The molecule has 1 aliphatic heterocycles. The average molecular weight is 398 g/mol. The molecule has 0 saturated carbocycles. The molecule has 0 amide bonds. The van der Waals surface area contributed by atoms with Crippen molar-refractivity contribution in [1.29, 1.82) is 5.41 Å². The van der Waals surface area contributed by atoms with E-state index >= 15 is 0 Å². The Labute approximate surface area is 172 Å². The van der Waals surface area contributed by atoms with E-state index in [1.54, 1.807) is 25.3 Å². The molecule has 2 heterocycles. The molecule has 3 N–H and O–H groups in total. The zero-order chi connectivity index (χ0) is 21.0. The molecule has 0 bridgehead atoms. The maximum atomic E-state index is 8.69. The monoisotopic (exact) mass is 397 g/mol. The molecule has 0 spiro atoms. The summed E-state index contributed by atoms with van der Waals surface area (Å²) in [6.07, 6.45) is 2.66. The van der Waals surface area contributed by atoms with Crippen molar-refractivity contribution >= 4 is 17.2 Å². The van der Waals surface area contributed by atoms with E-state index < -0.39 is 0 Å². The minimum atomic E-state index is -0.0978. The van der Waals surface area contributed by atoms with Gasteiger partial charge in [0.05, 0.1) is 18.0 Å². The lowest BCUT2D eigenvalue weighted by atomic mass is 9.92. The normalized spacial score (nSPS) is 20.3. The Morgan fingerprint density at radius 1 is 1.24 bits per heavy atom. The first-order valence-corrected chi connectivity index (χ1v) is 10.1. The van der Waals surface area contributed by atoms with Crippen molar-refractivity contribution in [3.8, 4) is 5.75 Å². The number of nitrogen functional groups attached to an aromatic ring is 1. The fraction of sp³-hybridized carbons (Fsp3) is 0.500. The molecule has 7 heteroatoms. The minimum Gasteiger partial charge on any atom is -0.488 e. The summed E-state index contributed by atoms with van der Waals surface area (Å²) in [4.78, 5) is 11.1. The fourth-order valence-electron chi connectivity index (χ4n) is 3.97. The number of rotatable bonds is 7. The first-order valence-electron chi connectivity index (χ1n) is 10.1. The van der Waals surface area contributed by atoms with Gasteiger partial charge in [-0.3, -0.25) is 5.41 Å². The summed E-state index contributed by atoms with van der Waals surface area (Å²) in [7, 11) is 1.64. The van der Waals surface area contributed by atoms with Crippen LogP contribution in [-0.4, -0.2) is 48.6 Å². The van der Waals surface area contributed by atoms with Gasteiger partial charge in [-0.05, 0) is 43.4 Å². The number of anilines is 2. The van der Waals surface area contributed by atoms with Crippen molar-refractivity contribution in [3.63, 3.8) is 0 Å². The van der Waals surface area contributed by atoms with Gasteiger partial charge >= 0.3 is 0 Å². The Morgan fingerprint density at radius 3 is 2.66 bits per heavy atom. The summed E-state index contributed by atoms with van der Waals surface area (Å²) in [6, 6.07) is 7.24. The minimum absolute atomic E-state index is 0.0978. The van der Waals surface area contributed by atoms with Crippen molar-refractivity contribution in [3.05, 3.63) is 41.9 Å². The summed E-state index contributed by atoms with van der Waals surface area (Å²) >= 11 is 0. The van der Waals surface area contributed by atoms with Crippen LogP contribution in [0.3, 0.4) is 0 Å². The highest BCUT2D eigenvalue weighted by Gasteiger charge is 2.23. The maximum absolute atomic E-state index is 8.69. The number of nitrogens with two attached hydrogens (primary N) is 1. The van der Waals surface area contributed by atoms with Gasteiger partial charge in [0.2, 0.25) is 0 Å². The second-order valence-electron chi connectivity index (χ2n) is 8.12. The summed E-state index contributed by atoms with van der Waals surface area (Å²) in [6.45, 7) is 8.89. The van der Waals surface area contributed by atoms with Crippen molar-refractivity contribution in [2.45, 2.75) is 33.3 Å². The van der Waals surface area contributed by atoms with Crippen molar-refractivity contribution in [1.82, 2.24) is 9.97 Å². The molecule has 0 aliphatic carbocycles. The summed E-state index contributed by atoms with van der Waals surface area (Å²) in [5.74, 6) is 2.75. The number of benzene rings is 1. The molecule has 29 heavy (non-hydrogen) atoms. The van der Waals surface area contributed by atoms with Crippen LogP contribution in [0.5, 0.6) is 5.75 Å². The average Bonchev–Trinajstić information content (AvgIpc) is 2.68. The molecule has 1 aromatic heterocycles. The van der Waals surface area contributed by atoms with Crippen LogP contribution in [0.2, 0.25) is 0 Å². The summed E-state index contributed by atoms with van der Waals surface area (Å²) in [5, 5.41) is 8.69. The first-order chi connectivity index (χ1) is 13.9. The summed E-state index contributed by atoms with van der Waals surface area (Å²) < 4.78 is 11.0. The smallest absolute Gasteiger partial charge is 0.132 e. The van der Waals surface area contributed by atoms with Crippen LogP contribution in [0.15, 0.2) is 30.6 Å². The van der Waals surface area contributed by atoms with Crippen LogP contribution in [-0.2, 0) is 4.74 Å². The van der Waals surface area contributed by atoms with Gasteiger partial charge in [0.25, 0.3) is 0 Å². The van der Waals surface area contributed by atoms with Crippen molar-refractivity contribution < 1.29 is 9.47 Å². The van der Waals surface area contributed by atoms with Crippen LogP contribution < -0.4 is 15.4 Å². The van der Waals surface area contributed by atoms with Crippen molar-refractivity contribution in [2.75, 3.05) is 37.4 Å².